The Balaban J connectivity index is 1.40. The first-order valence-corrected chi connectivity index (χ1v) is 10.1. The molecule has 3 rings (SSSR count). The third-order valence-electron chi connectivity index (χ3n) is 4.25. The molecule has 6 nitrogen and oxygen atoms in total. The topological polar surface area (TPSA) is 69.9 Å². The van der Waals surface area contributed by atoms with Gasteiger partial charge in [0, 0.05) is 24.1 Å². The largest absolute Gasteiger partial charge is 0.494 e. The number of rotatable bonds is 7. The molecule has 0 bridgehead atoms. The van der Waals surface area contributed by atoms with Crippen molar-refractivity contribution >= 4 is 22.3 Å². The molecule has 0 saturated heterocycles. The molecule has 0 fully saturated rings. The number of hydrogen-bond acceptors (Lipinski definition) is 6. The Kier molecular flexibility index (Phi) is 6.14. The number of ether oxygens (including phenoxy) is 2. The summed E-state index contributed by atoms with van der Waals surface area (Å²) in [6, 6.07) is 9.40. The zero-order valence-corrected chi connectivity index (χ0v) is 17.1. The highest BCUT2D eigenvalue weighted by Crippen LogP contribution is 2.24. The minimum atomic E-state index is -0.333. The molecular weight excluding hydrogens is 376 g/mol. The van der Waals surface area contributed by atoms with Crippen LogP contribution in [0.15, 0.2) is 46.7 Å². The van der Waals surface area contributed by atoms with E-state index in [4.69, 9.17) is 9.47 Å². The molecule has 0 amide bonds. The van der Waals surface area contributed by atoms with Gasteiger partial charge >= 0.3 is 5.97 Å². The Morgan fingerprint density at radius 1 is 1.21 bits per heavy atom. The summed E-state index contributed by atoms with van der Waals surface area (Å²) in [5.74, 6) is 0.454. The highest BCUT2D eigenvalue weighted by molar-refractivity contribution is 7.15. The van der Waals surface area contributed by atoms with Crippen LogP contribution >= 0.6 is 11.3 Å². The van der Waals surface area contributed by atoms with Gasteiger partial charge < -0.3 is 9.47 Å². The highest BCUT2D eigenvalue weighted by Gasteiger charge is 2.13. The molecule has 2 heterocycles. The van der Waals surface area contributed by atoms with Crippen molar-refractivity contribution in [2.75, 3.05) is 6.61 Å². The molecule has 2 aromatic heterocycles. The molecule has 0 aliphatic rings. The first-order chi connectivity index (χ1) is 13.3. The van der Waals surface area contributed by atoms with E-state index in [2.05, 4.69) is 37.9 Å². The van der Waals surface area contributed by atoms with Crippen LogP contribution in [0.1, 0.15) is 44.9 Å². The number of nitrogens with zero attached hydrogens (tertiary/aromatic N) is 2. The van der Waals surface area contributed by atoms with Gasteiger partial charge in [0.15, 0.2) is 4.96 Å². The lowest BCUT2D eigenvalue weighted by atomic mass is 9.87. The summed E-state index contributed by atoms with van der Waals surface area (Å²) in [7, 11) is 0. The van der Waals surface area contributed by atoms with Crippen LogP contribution in [0, 0.1) is 0 Å². The van der Waals surface area contributed by atoms with Gasteiger partial charge in [-0.25, -0.2) is 4.98 Å². The molecule has 0 saturated carbocycles. The van der Waals surface area contributed by atoms with E-state index in [0.717, 1.165) is 5.75 Å². The predicted molar refractivity (Wildman–Crippen MR) is 109 cm³/mol. The monoisotopic (exact) mass is 400 g/mol. The summed E-state index contributed by atoms with van der Waals surface area (Å²) in [5.41, 5.74) is 1.63. The quantitative estimate of drug-likeness (QED) is 0.444. The number of aromatic nitrogens is 2. The van der Waals surface area contributed by atoms with E-state index in [9.17, 15) is 9.59 Å². The van der Waals surface area contributed by atoms with Crippen LogP contribution in [0.5, 0.6) is 5.75 Å². The number of esters is 1. The number of carbonyl (C=O) groups excluding carboxylic acids is 1. The lowest BCUT2D eigenvalue weighted by Crippen LogP contribution is -2.15. The van der Waals surface area contributed by atoms with Crippen LogP contribution in [0.2, 0.25) is 0 Å². The number of fused-ring (bicyclic) bond motifs is 1. The van der Waals surface area contributed by atoms with E-state index in [-0.39, 0.29) is 30.0 Å². The maximum Gasteiger partial charge on any atom is 0.306 e. The van der Waals surface area contributed by atoms with Gasteiger partial charge in [0.1, 0.15) is 12.4 Å². The van der Waals surface area contributed by atoms with E-state index in [0.29, 0.717) is 23.7 Å². The number of hydrogen-bond donors (Lipinski definition) is 0. The second-order valence-electron chi connectivity index (χ2n) is 7.53. The zero-order chi connectivity index (χ0) is 20.1. The summed E-state index contributed by atoms with van der Waals surface area (Å²) < 4.78 is 12.4. The predicted octanol–water partition coefficient (Wildman–Crippen LogP) is 3.96. The minimum Gasteiger partial charge on any atom is -0.494 e. The molecule has 0 N–H and O–H groups in total. The van der Waals surface area contributed by atoms with Gasteiger partial charge in [-0.1, -0.05) is 32.9 Å². The van der Waals surface area contributed by atoms with Crippen LogP contribution in [0.4, 0.5) is 0 Å². The third-order valence-corrected chi connectivity index (χ3v) is 5.01. The van der Waals surface area contributed by atoms with E-state index < -0.39 is 0 Å². The fourth-order valence-corrected chi connectivity index (χ4v) is 3.38. The van der Waals surface area contributed by atoms with Crippen LogP contribution < -0.4 is 10.3 Å². The standard InChI is InChI=1S/C21H24N2O4S/c1-21(2,3)15-6-8-17(9-7-15)26-11-4-5-19(25)27-14-16-13-18(24)23-10-12-28-20(23)22-16/h6-10,12-13H,4-5,11,14H2,1-3H3. The van der Waals surface area contributed by atoms with Crippen molar-refractivity contribution in [3.8, 4) is 5.75 Å². The number of benzene rings is 1. The average molecular weight is 400 g/mol. The summed E-state index contributed by atoms with van der Waals surface area (Å²) in [6.07, 6.45) is 2.47. The highest BCUT2D eigenvalue weighted by atomic mass is 32.1. The van der Waals surface area contributed by atoms with Crippen molar-refractivity contribution in [3.63, 3.8) is 0 Å². The van der Waals surface area contributed by atoms with Gasteiger partial charge in [-0.15, -0.1) is 11.3 Å². The normalized spacial score (nSPS) is 11.5. The first-order valence-electron chi connectivity index (χ1n) is 9.18. The molecule has 0 unspecified atom stereocenters. The molecule has 0 radical (unpaired) electrons. The van der Waals surface area contributed by atoms with E-state index in [1.807, 2.05) is 12.1 Å². The molecule has 7 heteroatoms. The third kappa shape index (κ3) is 5.19. The van der Waals surface area contributed by atoms with Gasteiger partial charge in [0.05, 0.1) is 12.3 Å². The number of carbonyl (C=O) groups is 1. The molecule has 1 aromatic carbocycles. The van der Waals surface area contributed by atoms with Crippen molar-refractivity contribution in [1.82, 2.24) is 9.38 Å². The lowest BCUT2D eigenvalue weighted by Gasteiger charge is -2.19. The molecule has 0 aliphatic heterocycles. The Morgan fingerprint density at radius 3 is 2.68 bits per heavy atom. The van der Waals surface area contributed by atoms with E-state index in [1.54, 1.807) is 11.6 Å². The van der Waals surface area contributed by atoms with Crippen LogP contribution in [-0.2, 0) is 21.6 Å². The molecule has 0 spiro atoms. The Hall–Kier alpha value is -2.67. The van der Waals surface area contributed by atoms with E-state index in [1.165, 1.54) is 27.4 Å². The maximum atomic E-state index is 11.9. The summed E-state index contributed by atoms with van der Waals surface area (Å²) >= 11 is 1.36. The van der Waals surface area contributed by atoms with Gasteiger partial charge in [-0.3, -0.25) is 14.0 Å². The summed E-state index contributed by atoms with van der Waals surface area (Å²) in [4.78, 5) is 28.7. The second kappa shape index (κ2) is 8.56. The maximum absolute atomic E-state index is 11.9. The molecule has 28 heavy (non-hydrogen) atoms. The second-order valence-corrected chi connectivity index (χ2v) is 8.40. The fourth-order valence-electron chi connectivity index (χ4n) is 2.65. The first kappa shape index (κ1) is 20.1. The molecule has 148 valence electrons. The van der Waals surface area contributed by atoms with Gasteiger partial charge in [-0.2, -0.15) is 0 Å². The van der Waals surface area contributed by atoms with E-state index >= 15 is 0 Å². The Bertz CT molecular complexity index is 1000. The number of thiazole rings is 1. The smallest absolute Gasteiger partial charge is 0.306 e. The lowest BCUT2D eigenvalue weighted by molar-refractivity contribution is -0.145. The van der Waals surface area contributed by atoms with Crippen molar-refractivity contribution < 1.29 is 14.3 Å². The minimum absolute atomic E-state index is 0.00239. The summed E-state index contributed by atoms with van der Waals surface area (Å²) in [6.45, 7) is 6.93. The fraction of sp³-hybridized carbons (Fsp3) is 0.381. The van der Waals surface area contributed by atoms with Crippen LogP contribution in [-0.4, -0.2) is 22.0 Å². The zero-order valence-electron chi connectivity index (χ0n) is 16.3. The molecule has 0 aliphatic carbocycles. The Labute approximate surface area is 167 Å². The molecule has 3 aromatic rings. The van der Waals surface area contributed by atoms with Gasteiger partial charge in [0.25, 0.3) is 5.56 Å². The van der Waals surface area contributed by atoms with Crippen molar-refractivity contribution in [2.24, 2.45) is 0 Å². The van der Waals surface area contributed by atoms with Gasteiger partial charge in [-0.05, 0) is 29.5 Å². The van der Waals surface area contributed by atoms with Crippen LogP contribution in [0.3, 0.4) is 0 Å². The van der Waals surface area contributed by atoms with Gasteiger partial charge in [0.2, 0.25) is 0 Å². The van der Waals surface area contributed by atoms with Crippen molar-refractivity contribution in [1.29, 1.82) is 0 Å². The Morgan fingerprint density at radius 2 is 1.96 bits per heavy atom. The molecule has 0 atom stereocenters. The van der Waals surface area contributed by atoms with Crippen molar-refractivity contribution in [2.45, 2.75) is 45.6 Å². The average Bonchev–Trinajstić information content (AvgIpc) is 3.12. The van der Waals surface area contributed by atoms with Crippen molar-refractivity contribution in [3.05, 3.63) is 63.5 Å². The molecular formula is C21H24N2O4S. The summed E-state index contributed by atoms with van der Waals surface area (Å²) in [5, 5.41) is 1.79. The SMILES string of the molecule is CC(C)(C)c1ccc(OCCCC(=O)OCc2cc(=O)n3ccsc3n2)cc1. The van der Waals surface area contributed by atoms with Crippen LogP contribution in [0.25, 0.3) is 4.96 Å².